The highest BCUT2D eigenvalue weighted by Gasteiger charge is 2.55. The quantitative estimate of drug-likeness (QED) is 0.186. The first kappa shape index (κ1) is 42.7. The van der Waals surface area contributed by atoms with E-state index >= 15 is 0 Å². The van der Waals surface area contributed by atoms with Crippen LogP contribution in [-0.2, 0) is 18.9 Å². The highest BCUT2D eigenvalue weighted by Crippen LogP contribution is 2.53. The summed E-state index contributed by atoms with van der Waals surface area (Å²) in [4.78, 5) is 18.0. The summed E-state index contributed by atoms with van der Waals surface area (Å²) in [6, 6.07) is 22.5. The Hall–Kier alpha value is -8.40. The molecule has 0 unspecified atom stereocenters. The molecule has 0 amide bonds. The average Bonchev–Trinajstić information content (AvgIpc) is 3.28. The fourth-order valence-electron chi connectivity index (χ4n) is 7.18. The van der Waals surface area contributed by atoms with Gasteiger partial charge in [-0.25, -0.2) is 40.4 Å². The van der Waals surface area contributed by atoms with E-state index in [-0.39, 0.29) is 59.9 Å². The first-order valence-corrected chi connectivity index (χ1v) is 19.1. The number of ether oxygens (including phenoxy) is 4. The molecule has 0 N–H and O–H groups in total. The number of nitriles is 4. The molecule has 2 aliphatic heterocycles. The standard InChI is InChI=1S/C46H38N10O4/c1-9-55(10-2)33-17-13-31(14-18-33)25-35-41(37(27-47)51-5)57-45(58-42(35)38(28-48)52-6)21-23-46(24-22-45)59-43(39(29-49)53-7)36(44(60-46)40(30-50)54-8)26-32-15-19-34(20-16-32)56(11-3)12-4/h13-20,25-26H,9-12,21-24H2,1-4H3. The third-order valence-corrected chi connectivity index (χ3v) is 10.3. The molecule has 2 spiro atoms. The molecule has 296 valence electrons. The number of hydrogen-bond acceptors (Lipinski definition) is 10. The van der Waals surface area contributed by atoms with E-state index < -0.39 is 34.4 Å². The average molecular weight is 795 g/mol. The predicted octanol–water partition coefficient (Wildman–Crippen LogP) is 9.52. The van der Waals surface area contributed by atoms with Crippen LogP contribution in [0.5, 0.6) is 0 Å². The van der Waals surface area contributed by atoms with Crippen LogP contribution in [0.2, 0.25) is 0 Å². The molecule has 2 saturated heterocycles. The van der Waals surface area contributed by atoms with Crippen LogP contribution in [-0.4, -0.2) is 37.8 Å². The molecule has 2 aromatic carbocycles. The van der Waals surface area contributed by atoms with Gasteiger partial charge in [0.15, 0.2) is 23.0 Å². The molecule has 14 heteroatoms. The van der Waals surface area contributed by atoms with Gasteiger partial charge >= 0.3 is 22.8 Å². The van der Waals surface area contributed by atoms with Crippen molar-refractivity contribution in [3.8, 4) is 24.3 Å². The highest BCUT2D eigenvalue weighted by molar-refractivity contribution is 5.70. The van der Waals surface area contributed by atoms with Gasteiger partial charge < -0.3 is 28.7 Å². The van der Waals surface area contributed by atoms with E-state index in [0.717, 1.165) is 37.6 Å². The summed E-state index contributed by atoms with van der Waals surface area (Å²) in [5.41, 5.74) is 1.58. The number of anilines is 2. The minimum absolute atomic E-state index is 0.0588. The van der Waals surface area contributed by atoms with Crippen molar-refractivity contribution in [2.45, 2.75) is 65.0 Å². The Bertz CT molecular complexity index is 2220. The van der Waals surface area contributed by atoms with Crippen molar-refractivity contribution in [3.05, 3.63) is 162 Å². The molecule has 0 atom stereocenters. The van der Waals surface area contributed by atoms with E-state index in [9.17, 15) is 21.0 Å². The van der Waals surface area contributed by atoms with Crippen molar-refractivity contribution in [2.75, 3.05) is 36.0 Å². The Morgan fingerprint density at radius 3 is 0.967 bits per heavy atom. The third kappa shape index (κ3) is 8.47. The smallest absolute Gasteiger partial charge is 0.303 e. The number of rotatable bonds is 8. The fraction of sp³-hybridized carbons (Fsp3) is 0.304. The van der Waals surface area contributed by atoms with Gasteiger partial charge in [-0.15, -0.1) is 0 Å². The second-order valence-electron chi connectivity index (χ2n) is 13.5. The van der Waals surface area contributed by atoms with Crippen molar-refractivity contribution >= 4 is 23.5 Å². The molecule has 2 aromatic rings. The molecule has 0 aromatic heterocycles. The van der Waals surface area contributed by atoms with Crippen LogP contribution in [0.1, 0.15) is 64.5 Å². The first-order chi connectivity index (χ1) is 29.1. The molecule has 1 aliphatic carbocycles. The van der Waals surface area contributed by atoms with E-state index in [4.69, 9.17) is 45.2 Å². The van der Waals surface area contributed by atoms with Gasteiger partial charge in [0.05, 0.1) is 50.6 Å². The molecule has 3 fully saturated rings. The number of nitrogens with zero attached hydrogens (tertiary/aromatic N) is 10. The van der Waals surface area contributed by atoms with Gasteiger partial charge in [0, 0.05) is 74.4 Å². The van der Waals surface area contributed by atoms with Gasteiger partial charge in [0.25, 0.3) is 0 Å². The lowest BCUT2D eigenvalue weighted by molar-refractivity contribution is -0.287. The topological polar surface area (TPSA) is 156 Å². The van der Waals surface area contributed by atoms with Crippen molar-refractivity contribution in [1.29, 1.82) is 21.0 Å². The molecular weight excluding hydrogens is 757 g/mol. The van der Waals surface area contributed by atoms with Crippen LogP contribution >= 0.6 is 0 Å². The molecule has 3 aliphatic rings. The van der Waals surface area contributed by atoms with Gasteiger partial charge in [0.1, 0.15) is 0 Å². The zero-order chi connectivity index (χ0) is 43.5. The molecule has 0 bridgehead atoms. The molecule has 1 saturated carbocycles. The Balaban J connectivity index is 1.59. The summed E-state index contributed by atoms with van der Waals surface area (Å²) in [6.45, 7) is 42.7. The van der Waals surface area contributed by atoms with Gasteiger partial charge in [-0.1, -0.05) is 24.3 Å². The van der Waals surface area contributed by atoms with Crippen molar-refractivity contribution < 1.29 is 18.9 Å². The van der Waals surface area contributed by atoms with E-state index in [2.05, 4.69) is 29.2 Å². The van der Waals surface area contributed by atoms with Gasteiger partial charge in [0.2, 0.25) is 11.6 Å². The van der Waals surface area contributed by atoms with Crippen LogP contribution in [0.3, 0.4) is 0 Å². The molecule has 5 rings (SSSR count). The Morgan fingerprint density at radius 1 is 0.517 bits per heavy atom. The Kier molecular flexibility index (Phi) is 13.3. The predicted molar refractivity (Wildman–Crippen MR) is 221 cm³/mol. The van der Waals surface area contributed by atoms with E-state index in [1.807, 2.05) is 101 Å². The van der Waals surface area contributed by atoms with Crippen LogP contribution in [0.4, 0.5) is 11.4 Å². The number of hydrogen-bond donors (Lipinski definition) is 0. The summed E-state index contributed by atoms with van der Waals surface area (Å²) >= 11 is 0. The van der Waals surface area contributed by atoms with Crippen molar-refractivity contribution in [2.24, 2.45) is 0 Å². The van der Waals surface area contributed by atoms with Gasteiger partial charge in [-0.05, 0) is 75.2 Å². The van der Waals surface area contributed by atoms with Crippen LogP contribution in [0, 0.1) is 71.6 Å². The fourth-order valence-corrected chi connectivity index (χ4v) is 7.18. The van der Waals surface area contributed by atoms with Crippen molar-refractivity contribution in [3.63, 3.8) is 0 Å². The maximum Gasteiger partial charge on any atom is 0.303 e. The Labute approximate surface area is 350 Å². The lowest BCUT2D eigenvalue weighted by Crippen LogP contribution is -2.51. The van der Waals surface area contributed by atoms with E-state index in [1.165, 1.54) is 0 Å². The molecule has 2 heterocycles. The maximum absolute atomic E-state index is 10.1. The largest absolute Gasteiger partial charge is 0.462 e. The van der Waals surface area contributed by atoms with Crippen LogP contribution < -0.4 is 9.80 Å². The zero-order valence-electron chi connectivity index (χ0n) is 33.5. The summed E-state index contributed by atoms with van der Waals surface area (Å²) in [6.07, 6.45) is 2.81. The molecule has 14 nitrogen and oxygen atoms in total. The van der Waals surface area contributed by atoms with Crippen molar-refractivity contribution in [1.82, 2.24) is 0 Å². The zero-order valence-corrected chi connectivity index (χ0v) is 33.5. The molecular formula is C46H38N10O4. The van der Waals surface area contributed by atoms with E-state index in [0.29, 0.717) is 11.1 Å². The lowest BCUT2D eigenvalue weighted by Gasteiger charge is -2.50. The monoisotopic (exact) mass is 794 g/mol. The van der Waals surface area contributed by atoms with Crippen LogP contribution in [0.15, 0.2) is 106 Å². The summed E-state index contributed by atoms with van der Waals surface area (Å²) < 4.78 is 25.9. The molecule has 0 radical (unpaired) electrons. The lowest BCUT2D eigenvalue weighted by atomic mass is 9.86. The summed E-state index contributed by atoms with van der Waals surface area (Å²) in [5.74, 6) is -4.04. The number of benzene rings is 2. The second-order valence-corrected chi connectivity index (χ2v) is 13.5. The highest BCUT2D eigenvalue weighted by atomic mass is 16.7. The second kappa shape index (κ2) is 18.7. The van der Waals surface area contributed by atoms with Gasteiger partial charge in [-0.3, -0.25) is 0 Å². The molecule has 60 heavy (non-hydrogen) atoms. The minimum atomic E-state index is -1.65. The maximum atomic E-state index is 10.1. The summed E-state index contributed by atoms with van der Waals surface area (Å²) in [7, 11) is 0. The van der Waals surface area contributed by atoms with E-state index in [1.54, 1.807) is 12.2 Å². The Morgan fingerprint density at radius 2 is 0.767 bits per heavy atom. The normalized spacial score (nSPS) is 22.3. The number of allylic oxidation sites excluding steroid dienone is 4. The van der Waals surface area contributed by atoms with Crippen LogP contribution in [0.25, 0.3) is 31.5 Å². The first-order valence-electron chi connectivity index (χ1n) is 19.1. The SMILES string of the molecule is [C-]#[N+]C(C#N)=C1OC2(CCC3(CC2)OC(=C(C#N)[N+]#[C-])C(=Cc2ccc(N(CC)CC)cc2)C(=C(C#N)[N+]#[C-])O3)OC(=C(C#N)[N+]#[C-])C1=Cc1ccc(N(CC)CC)cc1. The van der Waals surface area contributed by atoms with Gasteiger partial charge in [-0.2, -0.15) is 0 Å². The minimum Gasteiger partial charge on any atom is -0.462 e. The summed E-state index contributed by atoms with van der Waals surface area (Å²) in [5, 5.41) is 40.4. The third-order valence-electron chi connectivity index (χ3n) is 10.3.